The van der Waals surface area contributed by atoms with E-state index < -0.39 is 0 Å². The Kier molecular flexibility index (Phi) is 7.36. The van der Waals surface area contributed by atoms with Crippen LogP contribution in [0, 0.1) is 12.8 Å². The molecular weight excluding hydrogens is 338 g/mol. The van der Waals surface area contributed by atoms with Crippen molar-refractivity contribution >= 4 is 5.91 Å². The van der Waals surface area contributed by atoms with Crippen molar-refractivity contribution in [3.63, 3.8) is 0 Å². The second-order valence-corrected chi connectivity index (χ2v) is 8.63. The lowest BCUT2D eigenvalue weighted by Gasteiger charge is -2.40. The van der Waals surface area contributed by atoms with Crippen LogP contribution < -0.4 is 0 Å². The van der Waals surface area contributed by atoms with Gasteiger partial charge in [0.25, 0.3) is 0 Å². The highest BCUT2D eigenvalue weighted by Gasteiger charge is 2.30. The lowest BCUT2D eigenvalue weighted by atomic mass is 10.0. The van der Waals surface area contributed by atoms with Gasteiger partial charge in [-0.25, -0.2) is 0 Å². The molecule has 152 valence electrons. The number of likely N-dealkylation sites (tertiary alicyclic amines) is 2. The molecule has 0 aromatic carbocycles. The van der Waals surface area contributed by atoms with E-state index in [9.17, 15) is 4.79 Å². The van der Waals surface area contributed by atoms with Gasteiger partial charge in [0, 0.05) is 25.0 Å². The average molecular weight is 376 g/mol. The van der Waals surface area contributed by atoms with Crippen LogP contribution in [0.15, 0.2) is 16.5 Å². The van der Waals surface area contributed by atoms with E-state index in [1.54, 1.807) is 0 Å². The molecule has 5 heteroatoms. The third-order valence-electron chi connectivity index (χ3n) is 5.95. The largest absolute Gasteiger partial charge is 0.465 e. The average Bonchev–Trinajstić information content (AvgIpc) is 3.30. The van der Waals surface area contributed by atoms with Gasteiger partial charge >= 0.3 is 0 Å². The quantitative estimate of drug-likeness (QED) is 0.697. The summed E-state index contributed by atoms with van der Waals surface area (Å²) in [6, 6.07) is 4.44. The molecule has 2 saturated heterocycles. The summed E-state index contributed by atoms with van der Waals surface area (Å²) in [5, 5.41) is 0. The molecule has 3 rings (SSSR count). The molecule has 5 nitrogen and oxygen atoms in total. The van der Waals surface area contributed by atoms with Crippen LogP contribution in [-0.2, 0) is 11.3 Å². The highest BCUT2D eigenvalue weighted by Crippen LogP contribution is 2.21. The predicted octanol–water partition coefficient (Wildman–Crippen LogP) is 3.52. The van der Waals surface area contributed by atoms with Crippen LogP contribution in [0.2, 0.25) is 0 Å². The van der Waals surface area contributed by atoms with Gasteiger partial charge in [-0.3, -0.25) is 9.69 Å². The maximum atomic E-state index is 12.9. The highest BCUT2D eigenvalue weighted by atomic mass is 16.3. The molecule has 1 atom stereocenters. The predicted molar refractivity (Wildman–Crippen MR) is 109 cm³/mol. The zero-order chi connectivity index (χ0) is 19.2. The van der Waals surface area contributed by atoms with Gasteiger partial charge in [0.2, 0.25) is 5.91 Å². The first-order valence-electron chi connectivity index (χ1n) is 10.8. The molecule has 27 heavy (non-hydrogen) atoms. The summed E-state index contributed by atoms with van der Waals surface area (Å²) in [6.07, 6.45) is 6.03. The van der Waals surface area contributed by atoms with Crippen LogP contribution in [0.4, 0.5) is 0 Å². The number of carbonyl (C=O) groups excluding carboxylic acids is 1. The third kappa shape index (κ3) is 5.82. The van der Waals surface area contributed by atoms with E-state index in [1.807, 2.05) is 26.8 Å². The van der Waals surface area contributed by atoms with E-state index >= 15 is 0 Å². The fourth-order valence-electron chi connectivity index (χ4n) is 4.49. The number of aryl methyl sites for hydroxylation is 1. The fraction of sp³-hybridized carbons (Fsp3) is 0.773. The normalized spacial score (nSPS) is 21.9. The van der Waals surface area contributed by atoms with Crippen molar-refractivity contribution in [1.29, 1.82) is 0 Å². The molecule has 2 aliphatic heterocycles. The smallest absolute Gasteiger partial charge is 0.225 e. The van der Waals surface area contributed by atoms with Gasteiger partial charge in [-0.05, 0) is 77.3 Å². The number of furan rings is 1. The second-order valence-electron chi connectivity index (χ2n) is 8.63. The van der Waals surface area contributed by atoms with Gasteiger partial charge in [-0.15, -0.1) is 0 Å². The Hall–Kier alpha value is -1.33. The van der Waals surface area contributed by atoms with E-state index in [0.29, 0.717) is 11.9 Å². The van der Waals surface area contributed by atoms with Crippen LogP contribution in [-0.4, -0.2) is 65.9 Å². The van der Waals surface area contributed by atoms with Crippen molar-refractivity contribution in [2.24, 2.45) is 5.92 Å². The first-order chi connectivity index (χ1) is 13.0. The maximum absolute atomic E-state index is 12.9. The number of carbonyl (C=O) groups is 1. The molecule has 0 N–H and O–H groups in total. The van der Waals surface area contributed by atoms with E-state index in [-0.39, 0.29) is 5.92 Å². The SMILES string of the molecule is Cc1ccc(CN2CCCC(N(CCCN3CCCC3)C(=O)C(C)C)C2)o1. The number of nitrogens with zero attached hydrogens (tertiary/aromatic N) is 3. The zero-order valence-corrected chi connectivity index (χ0v) is 17.5. The summed E-state index contributed by atoms with van der Waals surface area (Å²) in [7, 11) is 0. The molecule has 0 bridgehead atoms. The summed E-state index contributed by atoms with van der Waals surface area (Å²) in [6.45, 7) is 13.4. The number of amides is 1. The second kappa shape index (κ2) is 9.74. The summed E-state index contributed by atoms with van der Waals surface area (Å²) in [4.78, 5) is 20.1. The Morgan fingerprint density at radius 1 is 1.19 bits per heavy atom. The van der Waals surface area contributed by atoms with Crippen molar-refractivity contribution in [3.05, 3.63) is 23.7 Å². The first-order valence-corrected chi connectivity index (χ1v) is 10.8. The number of rotatable bonds is 8. The van der Waals surface area contributed by atoms with E-state index in [1.165, 1.54) is 25.9 Å². The molecule has 1 amide bonds. The van der Waals surface area contributed by atoms with Crippen molar-refractivity contribution in [2.45, 2.75) is 65.5 Å². The number of piperidine rings is 1. The summed E-state index contributed by atoms with van der Waals surface area (Å²) >= 11 is 0. The van der Waals surface area contributed by atoms with Crippen molar-refractivity contribution in [1.82, 2.24) is 14.7 Å². The molecule has 0 saturated carbocycles. The summed E-state index contributed by atoms with van der Waals surface area (Å²) in [5.74, 6) is 2.39. The Morgan fingerprint density at radius 3 is 2.59 bits per heavy atom. The van der Waals surface area contributed by atoms with Crippen molar-refractivity contribution < 1.29 is 9.21 Å². The number of hydrogen-bond donors (Lipinski definition) is 0. The zero-order valence-electron chi connectivity index (χ0n) is 17.5. The molecule has 0 radical (unpaired) electrons. The lowest BCUT2D eigenvalue weighted by molar-refractivity contribution is -0.138. The van der Waals surface area contributed by atoms with Crippen molar-refractivity contribution in [3.8, 4) is 0 Å². The van der Waals surface area contributed by atoms with Gasteiger partial charge in [0.1, 0.15) is 11.5 Å². The molecule has 1 aromatic rings. The molecule has 3 heterocycles. The minimum atomic E-state index is 0.0693. The van der Waals surface area contributed by atoms with Crippen LogP contribution in [0.3, 0.4) is 0 Å². The molecule has 0 aliphatic carbocycles. The van der Waals surface area contributed by atoms with Gasteiger partial charge in [-0.2, -0.15) is 0 Å². The van der Waals surface area contributed by atoms with E-state index in [4.69, 9.17) is 4.42 Å². The van der Waals surface area contributed by atoms with Gasteiger partial charge < -0.3 is 14.2 Å². The summed E-state index contributed by atoms with van der Waals surface area (Å²) < 4.78 is 5.76. The summed E-state index contributed by atoms with van der Waals surface area (Å²) in [5.41, 5.74) is 0. The van der Waals surface area contributed by atoms with Crippen LogP contribution >= 0.6 is 0 Å². The first kappa shape index (κ1) is 20.4. The van der Waals surface area contributed by atoms with Crippen LogP contribution in [0.25, 0.3) is 0 Å². The van der Waals surface area contributed by atoms with E-state index in [0.717, 1.165) is 63.5 Å². The fourth-order valence-corrected chi connectivity index (χ4v) is 4.49. The lowest BCUT2D eigenvalue weighted by Crippen LogP contribution is -2.51. The molecular formula is C22H37N3O2. The van der Waals surface area contributed by atoms with Gasteiger partial charge in [0.05, 0.1) is 6.54 Å². The Morgan fingerprint density at radius 2 is 1.93 bits per heavy atom. The highest BCUT2D eigenvalue weighted by molar-refractivity contribution is 5.78. The topological polar surface area (TPSA) is 39.9 Å². The molecule has 2 aliphatic rings. The molecule has 1 unspecified atom stereocenters. The van der Waals surface area contributed by atoms with Gasteiger partial charge in [0.15, 0.2) is 0 Å². The molecule has 0 spiro atoms. The monoisotopic (exact) mass is 375 g/mol. The molecule has 1 aromatic heterocycles. The molecule has 2 fully saturated rings. The standard InChI is InChI=1S/C22H37N3O2/c1-18(2)22(26)25(15-7-14-23-11-4-5-12-23)20-8-6-13-24(16-20)17-21-10-9-19(3)27-21/h9-10,18,20H,4-8,11-17H2,1-3H3. The van der Waals surface area contributed by atoms with Crippen LogP contribution in [0.5, 0.6) is 0 Å². The number of hydrogen-bond acceptors (Lipinski definition) is 4. The van der Waals surface area contributed by atoms with Crippen molar-refractivity contribution in [2.75, 3.05) is 39.3 Å². The van der Waals surface area contributed by atoms with E-state index in [2.05, 4.69) is 20.8 Å². The minimum Gasteiger partial charge on any atom is -0.465 e. The maximum Gasteiger partial charge on any atom is 0.225 e. The van der Waals surface area contributed by atoms with Gasteiger partial charge in [-0.1, -0.05) is 13.8 Å². The minimum absolute atomic E-state index is 0.0693. The third-order valence-corrected chi connectivity index (χ3v) is 5.95. The Balaban J connectivity index is 1.56. The Labute approximate surface area is 164 Å². The van der Waals surface area contributed by atoms with Crippen LogP contribution in [0.1, 0.15) is 57.5 Å². The Bertz CT molecular complexity index is 592.